The van der Waals surface area contributed by atoms with Gasteiger partial charge in [-0.2, -0.15) is 4.98 Å². The first-order valence-corrected chi connectivity index (χ1v) is 13.4. The van der Waals surface area contributed by atoms with Gasteiger partial charge in [-0.1, -0.05) is 57.3 Å². The fourth-order valence-electron chi connectivity index (χ4n) is 5.33. The Balaban J connectivity index is 1.88. The summed E-state index contributed by atoms with van der Waals surface area (Å²) in [4.78, 5) is 43.5. The van der Waals surface area contributed by atoms with Gasteiger partial charge < -0.3 is 9.80 Å². The number of rotatable bonds is 6. The third-order valence-corrected chi connectivity index (χ3v) is 7.35. The first-order valence-electron chi connectivity index (χ1n) is 14.9. The number of piperazine rings is 1. The van der Waals surface area contributed by atoms with E-state index in [9.17, 15) is 9.59 Å². The molecule has 0 bridgehead atoms. The highest BCUT2D eigenvalue weighted by atomic mass is 19.1. The highest BCUT2D eigenvalue weighted by molar-refractivity contribution is 5.91. The molecule has 0 aliphatic carbocycles. The number of hydrogen-bond donors (Lipinski definition) is 0. The number of halogens is 1. The second kappa shape index (κ2) is 11.1. The Kier molecular flexibility index (Phi) is 6.53. The maximum atomic E-state index is 16.1. The van der Waals surface area contributed by atoms with Crippen molar-refractivity contribution in [3.8, 4) is 16.9 Å². The van der Waals surface area contributed by atoms with Crippen molar-refractivity contribution < 1.29 is 13.3 Å². The van der Waals surface area contributed by atoms with Crippen molar-refractivity contribution in [3.63, 3.8) is 0 Å². The van der Waals surface area contributed by atoms with Crippen molar-refractivity contribution in [2.75, 3.05) is 24.5 Å². The lowest BCUT2D eigenvalue weighted by atomic mass is 10.0. The number of carbonyl (C=O) groups excluding carboxylic acids is 1. The van der Waals surface area contributed by atoms with Crippen molar-refractivity contribution in [2.45, 2.75) is 39.6 Å². The number of fused-ring (bicyclic) bond motifs is 1. The molecule has 0 N–H and O–H groups in total. The predicted octanol–water partition coefficient (Wildman–Crippen LogP) is 5.28. The topological polar surface area (TPSA) is 84.2 Å². The highest BCUT2D eigenvalue weighted by Crippen LogP contribution is 2.34. The lowest BCUT2D eigenvalue weighted by Crippen LogP contribution is -2.54. The number of amides is 1. The van der Waals surface area contributed by atoms with Crippen LogP contribution in [0.2, 0.25) is 0 Å². The molecule has 210 valence electrons. The molecule has 1 aliphatic rings. The van der Waals surface area contributed by atoms with Gasteiger partial charge in [-0.3, -0.25) is 9.78 Å². The number of anilines is 1. The van der Waals surface area contributed by atoms with Gasteiger partial charge in [0.2, 0.25) is 5.91 Å². The third kappa shape index (κ3) is 4.92. The molecule has 1 aromatic carbocycles. The van der Waals surface area contributed by atoms with Gasteiger partial charge in [-0.25, -0.2) is 18.7 Å². The zero-order chi connectivity index (χ0) is 31.9. The molecule has 0 unspecified atom stereocenters. The molecule has 1 atom stereocenters. The summed E-state index contributed by atoms with van der Waals surface area (Å²) in [7, 11) is 0. The van der Waals surface area contributed by atoms with Crippen LogP contribution in [-0.2, 0) is 4.79 Å². The van der Waals surface area contributed by atoms with Gasteiger partial charge in [0, 0.05) is 41.5 Å². The van der Waals surface area contributed by atoms with E-state index in [1.54, 1.807) is 35.2 Å². The summed E-state index contributed by atoms with van der Waals surface area (Å²) in [5.74, 6) is -0.942. The molecule has 41 heavy (non-hydrogen) atoms. The lowest BCUT2D eigenvalue weighted by Gasteiger charge is -2.40. The Morgan fingerprint density at radius 1 is 1.20 bits per heavy atom. The van der Waals surface area contributed by atoms with Crippen LogP contribution in [0, 0.1) is 12.7 Å². The Bertz CT molecular complexity index is 1850. The minimum absolute atomic E-state index is 0.0295. The van der Waals surface area contributed by atoms with Crippen molar-refractivity contribution in [3.05, 3.63) is 95.0 Å². The van der Waals surface area contributed by atoms with E-state index < -0.39 is 18.4 Å². The van der Waals surface area contributed by atoms with Crippen LogP contribution in [-0.4, -0.2) is 56.0 Å². The van der Waals surface area contributed by atoms with Crippen LogP contribution in [0.15, 0.2) is 66.6 Å². The van der Waals surface area contributed by atoms with Crippen molar-refractivity contribution in [2.24, 2.45) is 0 Å². The van der Waals surface area contributed by atoms with E-state index in [4.69, 9.17) is 9.10 Å². The standard InChI is InChI=1S/C32H33FN6O2/c1-7-22-11-9-10-12-23(22)28-25(33)17-24-30(38-16-15-37(18-21(38)6)26(40)8-2)36-32(41)39(31(24)35-28)29-20(5)13-14-34-27(29)19(3)4/h7-14,17,19,21H,1-2,15-16,18H2,3-6H3/t21-/m0/s1/i5D3. The lowest BCUT2D eigenvalue weighted by molar-refractivity contribution is -0.126. The summed E-state index contributed by atoms with van der Waals surface area (Å²) in [5, 5.41) is 0.215. The second-order valence-corrected chi connectivity index (χ2v) is 10.3. The first kappa shape index (κ1) is 24.2. The third-order valence-electron chi connectivity index (χ3n) is 7.35. The van der Waals surface area contributed by atoms with E-state index in [0.717, 1.165) is 4.57 Å². The number of pyridine rings is 2. The van der Waals surface area contributed by atoms with Gasteiger partial charge in [0.25, 0.3) is 0 Å². The van der Waals surface area contributed by atoms with Crippen LogP contribution >= 0.6 is 0 Å². The summed E-state index contributed by atoms with van der Waals surface area (Å²) < 4.78 is 42.1. The number of aryl methyl sites for hydroxylation is 1. The molecule has 1 fully saturated rings. The summed E-state index contributed by atoms with van der Waals surface area (Å²) in [6, 6.07) is 9.37. The van der Waals surface area contributed by atoms with E-state index in [2.05, 4.69) is 23.1 Å². The number of hydrogen-bond acceptors (Lipinski definition) is 6. The summed E-state index contributed by atoms with van der Waals surface area (Å²) >= 11 is 0. The van der Waals surface area contributed by atoms with Gasteiger partial charge in [0.05, 0.1) is 16.8 Å². The molecule has 4 aromatic rings. The average molecular weight is 556 g/mol. The molecule has 4 heterocycles. The van der Waals surface area contributed by atoms with Crippen LogP contribution in [0.1, 0.15) is 47.6 Å². The number of benzene rings is 1. The molecule has 8 nitrogen and oxygen atoms in total. The van der Waals surface area contributed by atoms with E-state index in [-0.39, 0.29) is 51.7 Å². The normalized spacial score (nSPS) is 16.8. The van der Waals surface area contributed by atoms with Crippen molar-refractivity contribution in [1.82, 2.24) is 24.4 Å². The quantitative estimate of drug-likeness (QED) is 0.301. The molecule has 0 spiro atoms. The molecule has 9 heteroatoms. The van der Waals surface area contributed by atoms with Crippen LogP contribution in [0.3, 0.4) is 0 Å². The summed E-state index contributed by atoms with van der Waals surface area (Å²) in [6.45, 7) is 11.4. The number of nitrogens with zero attached hydrogens (tertiary/aromatic N) is 6. The monoisotopic (exact) mass is 555 g/mol. The van der Waals surface area contributed by atoms with Gasteiger partial charge in [0.1, 0.15) is 17.3 Å². The molecule has 5 rings (SSSR count). The smallest absolute Gasteiger partial charge is 0.350 e. The molecule has 1 amide bonds. The fourth-order valence-corrected chi connectivity index (χ4v) is 5.33. The Morgan fingerprint density at radius 2 is 1.98 bits per heavy atom. The second-order valence-electron chi connectivity index (χ2n) is 10.3. The van der Waals surface area contributed by atoms with Gasteiger partial charge in [-0.15, -0.1) is 0 Å². The molecule has 3 aromatic heterocycles. The predicted molar refractivity (Wildman–Crippen MR) is 161 cm³/mol. The number of carbonyl (C=O) groups is 1. The summed E-state index contributed by atoms with van der Waals surface area (Å²) in [5.41, 5.74) is 0.616. The Morgan fingerprint density at radius 3 is 2.66 bits per heavy atom. The molecule has 1 aliphatic heterocycles. The maximum Gasteiger partial charge on any atom is 0.355 e. The minimum atomic E-state index is -2.60. The largest absolute Gasteiger partial charge is 0.355 e. The van der Waals surface area contributed by atoms with Crippen LogP contribution in [0.25, 0.3) is 34.1 Å². The van der Waals surface area contributed by atoms with E-state index in [1.165, 1.54) is 24.4 Å². The van der Waals surface area contributed by atoms with Gasteiger partial charge in [-0.05, 0) is 49.0 Å². The maximum absolute atomic E-state index is 16.1. The molecule has 0 saturated carbocycles. The zero-order valence-corrected chi connectivity index (χ0v) is 23.3. The van der Waals surface area contributed by atoms with E-state index in [0.29, 0.717) is 36.5 Å². The Labute approximate surface area is 242 Å². The molecule has 1 saturated heterocycles. The Hall–Kier alpha value is -4.66. The van der Waals surface area contributed by atoms with E-state index in [1.807, 2.05) is 25.7 Å². The van der Waals surface area contributed by atoms with E-state index >= 15 is 4.39 Å². The first-order chi connectivity index (χ1) is 20.9. The van der Waals surface area contributed by atoms with Gasteiger partial charge >= 0.3 is 5.69 Å². The van der Waals surface area contributed by atoms with Crippen LogP contribution < -0.4 is 10.6 Å². The summed E-state index contributed by atoms with van der Waals surface area (Å²) in [6.07, 6.45) is 4.24. The number of aromatic nitrogens is 4. The fraction of sp³-hybridized carbons (Fsp3) is 0.281. The molecule has 0 radical (unpaired) electrons. The van der Waals surface area contributed by atoms with Crippen molar-refractivity contribution in [1.29, 1.82) is 0 Å². The van der Waals surface area contributed by atoms with Gasteiger partial charge in [0.15, 0.2) is 5.65 Å². The van der Waals surface area contributed by atoms with Crippen molar-refractivity contribution >= 4 is 28.8 Å². The van der Waals surface area contributed by atoms with Crippen LogP contribution in [0.5, 0.6) is 0 Å². The average Bonchev–Trinajstić information content (AvgIpc) is 2.99. The molecular weight excluding hydrogens is 519 g/mol. The molecular formula is C32H33FN6O2. The highest BCUT2D eigenvalue weighted by Gasteiger charge is 2.30. The van der Waals surface area contributed by atoms with Crippen LogP contribution in [0.4, 0.5) is 10.2 Å². The SMILES string of the molecule is [2H]C([2H])([2H])c1ccnc(C(C)C)c1-n1c(=O)nc(N2CCN(C(=O)C=C)C[C@@H]2C)c2cc(F)c(-c3ccccc3C=C)nc21. The minimum Gasteiger partial charge on any atom is -0.350 e. The zero-order valence-electron chi connectivity index (χ0n) is 26.3.